The summed E-state index contributed by atoms with van der Waals surface area (Å²) in [4.78, 5) is 33.0. The number of rotatable bonds is 6. The van der Waals surface area contributed by atoms with Crippen molar-refractivity contribution in [1.82, 2.24) is 15.3 Å². The highest BCUT2D eigenvalue weighted by molar-refractivity contribution is 6.03. The molecule has 2 aromatic heterocycles. The first-order valence-electron chi connectivity index (χ1n) is 9.36. The van der Waals surface area contributed by atoms with Crippen molar-refractivity contribution in [3.05, 3.63) is 76.8 Å². The van der Waals surface area contributed by atoms with Gasteiger partial charge < -0.3 is 15.1 Å². The summed E-state index contributed by atoms with van der Waals surface area (Å²) in [6, 6.07) is 11.1. The number of aromatic nitrogens is 2. The van der Waals surface area contributed by atoms with Gasteiger partial charge in [-0.2, -0.15) is 0 Å². The molecule has 0 aliphatic heterocycles. The number of nitrogens with zero attached hydrogens (tertiary/aromatic N) is 2. The van der Waals surface area contributed by atoms with Gasteiger partial charge in [0.05, 0.1) is 11.4 Å². The molecule has 2 amide bonds. The Hall–Kier alpha value is -3.48. The number of amides is 2. The van der Waals surface area contributed by atoms with E-state index in [-0.39, 0.29) is 17.5 Å². The summed E-state index contributed by atoms with van der Waals surface area (Å²) >= 11 is 0. The number of pyridine rings is 1. The van der Waals surface area contributed by atoms with E-state index in [1.54, 1.807) is 0 Å². The Morgan fingerprint density at radius 2 is 1.79 bits per heavy atom. The van der Waals surface area contributed by atoms with Gasteiger partial charge in [-0.1, -0.05) is 30.3 Å². The second kappa shape index (κ2) is 8.68. The minimum Gasteiger partial charge on any atom is -0.446 e. The Morgan fingerprint density at radius 1 is 1.07 bits per heavy atom. The summed E-state index contributed by atoms with van der Waals surface area (Å²) < 4.78 is 5.53. The number of oxazole rings is 1. The maximum atomic E-state index is 12.6. The Kier molecular flexibility index (Phi) is 6.07. The van der Waals surface area contributed by atoms with Crippen molar-refractivity contribution in [2.75, 3.05) is 5.32 Å². The average Bonchev–Trinajstić information content (AvgIpc) is 3.16. The van der Waals surface area contributed by atoms with Crippen molar-refractivity contribution >= 4 is 17.5 Å². The zero-order chi connectivity index (χ0) is 21.0. The van der Waals surface area contributed by atoms with Crippen LogP contribution < -0.4 is 10.6 Å². The second-order valence-corrected chi connectivity index (χ2v) is 6.99. The number of benzene rings is 1. The molecule has 29 heavy (non-hydrogen) atoms. The minimum absolute atomic E-state index is 0.140. The van der Waals surface area contributed by atoms with Gasteiger partial charge in [0.2, 0.25) is 11.8 Å². The van der Waals surface area contributed by atoms with Crippen LogP contribution in [0.2, 0.25) is 0 Å². The van der Waals surface area contributed by atoms with E-state index in [0.717, 1.165) is 22.5 Å². The largest absolute Gasteiger partial charge is 0.446 e. The van der Waals surface area contributed by atoms with E-state index in [9.17, 15) is 9.59 Å². The molecule has 2 N–H and O–H groups in total. The molecule has 0 fully saturated rings. The van der Waals surface area contributed by atoms with Crippen LogP contribution in [0.4, 0.5) is 5.69 Å². The lowest BCUT2D eigenvalue weighted by molar-refractivity contribution is -0.119. The zero-order valence-electron chi connectivity index (χ0n) is 16.9. The third-order valence-electron chi connectivity index (χ3n) is 4.62. The molecule has 2 heterocycles. The molecule has 7 nitrogen and oxygen atoms in total. The van der Waals surface area contributed by atoms with Crippen molar-refractivity contribution in [1.29, 1.82) is 0 Å². The minimum atomic E-state index is -0.471. The smallest absolute Gasteiger partial charge is 0.277 e. The Bertz CT molecular complexity index is 1030. The second-order valence-electron chi connectivity index (χ2n) is 6.99. The molecule has 0 radical (unpaired) electrons. The molecule has 0 bridgehead atoms. The number of carbonyl (C=O) groups is 2. The van der Waals surface area contributed by atoms with E-state index < -0.39 is 11.9 Å². The number of hydrogen-bond donors (Lipinski definition) is 2. The Morgan fingerprint density at radius 3 is 2.48 bits per heavy atom. The first-order chi connectivity index (χ1) is 13.8. The van der Waals surface area contributed by atoms with Crippen LogP contribution in [0.25, 0.3) is 0 Å². The van der Waals surface area contributed by atoms with Gasteiger partial charge >= 0.3 is 0 Å². The molecule has 150 valence electrons. The van der Waals surface area contributed by atoms with Crippen LogP contribution in [0.1, 0.15) is 51.9 Å². The van der Waals surface area contributed by atoms with E-state index in [2.05, 4.69) is 20.6 Å². The molecule has 0 saturated carbocycles. The molecule has 0 unspecified atom stereocenters. The summed E-state index contributed by atoms with van der Waals surface area (Å²) in [5.74, 6) is -0.314. The molecule has 3 rings (SSSR count). The molecule has 0 aliphatic carbocycles. The quantitative estimate of drug-likeness (QED) is 0.667. The molecular formula is C22H24N4O3. The maximum absolute atomic E-state index is 12.6. The van der Waals surface area contributed by atoms with Crippen LogP contribution in [0.5, 0.6) is 0 Å². The lowest BCUT2D eigenvalue weighted by Gasteiger charge is -2.14. The van der Waals surface area contributed by atoms with Gasteiger partial charge in [-0.05, 0) is 38.0 Å². The number of aryl methyl sites for hydroxylation is 3. The maximum Gasteiger partial charge on any atom is 0.277 e. The van der Waals surface area contributed by atoms with Crippen molar-refractivity contribution in [2.45, 2.75) is 40.2 Å². The van der Waals surface area contributed by atoms with E-state index in [4.69, 9.17) is 4.42 Å². The molecule has 3 aromatic rings. The van der Waals surface area contributed by atoms with E-state index in [1.165, 1.54) is 13.2 Å². The van der Waals surface area contributed by atoms with Gasteiger partial charge in [-0.15, -0.1) is 0 Å². The summed E-state index contributed by atoms with van der Waals surface area (Å²) in [6.45, 7) is 7.13. The fourth-order valence-corrected chi connectivity index (χ4v) is 2.99. The van der Waals surface area contributed by atoms with Crippen LogP contribution >= 0.6 is 0 Å². The van der Waals surface area contributed by atoms with E-state index >= 15 is 0 Å². The van der Waals surface area contributed by atoms with Crippen LogP contribution in [0.15, 0.2) is 47.1 Å². The van der Waals surface area contributed by atoms with Gasteiger partial charge in [0, 0.05) is 19.0 Å². The van der Waals surface area contributed by atoms with Gasteiger partial charge in [0.1, 0.15) is 12.3 Å². The number of nitrogens with one attached hydrogen (secondary N) is 2. The first kappa shape index (κ1) is 20.3. The summed E-state index contributed by atoms with van der Waals surface area (Å²) in [6.07, 6.45) is 1.80. The number of anilines is 1. The lowest BCUT2D eigenvalue weighted by Crippen LogP contribution is -2.28. The SMILES string of the molecule is CC(=O)N[C@H](Cc1ccccc1)c1nc(C(=O)Nc2cc(C)c(C)nc2C)co1. The topological polar surface area (TPSA) is 97.1 Å². The molecule has 7 heteroatoms. The van der Waals surface area contributed by atoms with Crippen molar-refractivity contribution in [2.24, 2.45) is 0 Å². The fraction of sp³-hybridized carbons (Fsp3) is 0.273. The number of hydrogen-bond acceptors (Lipinski definition) is 5. The normalized spacial score (nSPS) is 11.7. The molecule has 0 aliphatic rings. The number of carbonyl (C=O) groups excluding carboxylic acids is 2. The van der Waals surface area contributed by atoms with Crippen molar-refractivity contribution in [3.8, 4) is 0 Å². The van der Waals surface area contributed by atoms with Gasteiger partial charge in [0.25, 0.3) is 5.91 Å². The zero-order valence-corrected chi connectivity index (χ0v) is 16.9. The van der Waals surface area contributed by atoms with E-state index in [0.29, 0.717) is 12.1 Å². The van der Waals surface area contributed by atoms with Gasteiger partial charge in [-0.25, -0.2) is 4.98 Å². The van der Waals surface area contributed by atoms with Crippen LogP contribution in [0, 0.1) is 20.8 Å². The summed E-state index contributed by atoms with van der Waals surface area (Å²) in [5, 5.41) is 5.66. The highest BCUT2D eigenvalue weighted by atomic mass is 16.3. The van der Waals surface area contributed by atoms with Crippen molar-refractivity contribution < 1.29 is 14.0 Å². The Balaban J connectivity index is 1.79. The lowest BCUT2D eigenvalue weighted by atomic mass is 10.1. The monoisotopic (exact) mass is 392 g/mol. The predicted octanol–water partition coefficient (Wildman–Crippen LogP) is 3.67. The average molecular weight is 392 g/mol. The van der Waals surface area contributed by atoms with Crippen LogP contribution in [0.3, 0.4) is 0 Å². The highest BCUT2D eigenvalue weighted by Crippen LogP contribution is 2.20. The van der Waals surface area contributed by atoms with Crippen LogP contribution in [-0.2, 0) is 11.2 Å². The third kappa shape index (κ3) is 5.07. The van der Waals surface area contributed by atoms with Crippen LogP contribution in [-0.4, -0.2) is 21.8 Å². The molecule has 1 aromatic carbocycles. The van der Waals surface area contributed by atoms with E-state index in [1.807, 2.05) is 57.2 Å². The first-order valence-corrected chi connectivity index (χ1v) is 9.36. The third-order valence-corrected chi connectivity index (χ3v) is 4.62. The Labute approximate surface area is 169 Å². The molecular weight excluding hydrogens is 368 g/mol. The predicted molar refractivity (Wildman–Crippen MR) is 110 cm³/mol. The molecule has 0 saturated heterocycles. The standard InChI is InChI=1S/C22H24N4O3/c1-13-10-18(15(3)23-14(13)2)25-21(28)20-12-29-22(26-20)19(24-16(4)27)11-17-8-6-5-7-9-17/h5-10,12,19H,11H2,1-4H3,(H,24,27)(H,25,28)/t19-/m1/s1. The summed E-state index contributed by atoms with van der Waals surface area (Å²) in [7, 11) is 0. The van der Waals surface area contributed by atoms with Gasteiger partial charge in [-0.3, -0.25) is 14.6 Å². The van der Waals surface area contributed by atoms with Crippen molar-refractivity contribution in [3.63, 3.8) is 0 Å². The fourth-order valence-electron chi connectivity index (χ4n) is 2.99. The molecule has 0 spiro atoms. The molecule has 1 atom stereocenters. The highest BCUT2D eigenvalue weighted by Gasteiger charge is 2.22. The van der Waals surface area contributed by atoms with Gasteiger partial charge in [0.15, 0.2) is 5.69 Å². The summed E-state index contributed by atoms with van der Waals surface area (Å²) in [5.41, 5.74) is 4.42.